The minimum absolute atomic E-state index is 0.0181. The van der Waals surface area contributed by atoms with Crippen LogP contribution in [-0.2, 0) is 20.8 Å². The van der Waals surface area contributed by atoms with Gasteiger partial charge in [0.05, 0.1) is 24.0 Å². The first-order valence-electron chi connectivity index (χ1n) is 13.4. The summed E-state index contributed by atoms with van der Waals surface area (Å²) in [5.41, 5.74) is 2.23. The largest absolute Gasteiger partial charge is 0.494 e. The Morgan fingerprint density at radius 2 is 1.98 bits per heavy atom. The Bertz CT molecular complexity index is 1350. The molecule has 5 rings (SSSR count). The smallest absolute Gasteiger partial charge is 0.290 e. The van der Waals surface area contributed by atoms with Crippen LogP contribution in [0.2, 0.25) is 0 Å². The van der Waals surface area contributed by atoms with Crippen molar-refractivity contribution in [2.75, 3.05) is 39.3 Å². The van der Waals surface area contributed by atoms with Crippen molar-refractivity contribution in [2.24, 2.45) is 5.92 Å². The molecule has 0 radical (unpaired) electrons. The average Bonchev–Trinajstić information content (AvgIpc) is 3.62. The third-order valence-corrected chi connectivity index (χ3v) is 7.79. The zero-order chi connectivity index (χ0) is 29.2. The molecule has 0 aliphatic carbocycles. The number of hydrogen-bond acceptors (Lipinski definition) is 8. The average molecular weight is 580 g/mol. The quantitative estimate of drug-likeness (QED) is 0.451. The van der Waals surface area contributed by atoms with Gasteiger partial charge in [-0.1, -0.05) is 18.2 Å². The molecule has 2 bridgehead atoms. The number of nitrogens with zero attached hydrogens (tertiary/aromatic N) is 4. The van der Waals surface area contributed by atoms with Crippen molar-refractivity contribution in [2.45, 2.75) is 25.7 Å². The molecule has 2 aromatic heterocycles. The van der Waals surface area contributed by atoms with Crippen LogP contribution in [0.25, 0.3) is 0 Å². The van der Waals surface area contributed by atoms with E-state index in [4.69, 9.17) is 14.6 Å². The van der Waals surface area contributed by atoms with Gasteiger partial charge in [-0.2, -0.15) is 0 Å². The van der Waals surface area contributed by atoms with Crippen molar-refractivity contribution in [1.29, 1.82) is 0 Å². The van der Waals surface area contributed by atoms with E-state index in [-0.39, 0.29) is 36.5 Å². The number of hydrogen-bond donors (Lipinski definition) is 2. The Balaban J connectivity index is 0.00000124. The summed E-state index contributed by atoms with van der Waals surface area (Å²) in [6.07, 6.45) is 4.29. The van der Waals surface area contributed by atoms with Crippen LogP contribution in [0.15, 0.2) is 54.2 Å². The number of thiazole rings is 1. The fourth-order valence-corrected chi connectivity index (χ4v) is 5.66. The first-order chi connectivity index (χ1) is 19.9. The number of fused-ring (bicyclic) bond motifs is 4. The minimum atomic E-state index is -0.420. The fraction of sp³-hybridized carbons (Fsp3) is 0.379. The van der Waals surface area contributed by atoms with Crippen LogP contribution >= 0.6 is 11.3 Å². The van der Waals surface area contributed by atoms with Crippen LogP contribution in [0.5, 0.6) is 5.75 Å². The fourth-order valence-electron chi connectivity index (χ4n) is 5.07. The normalized spacial score (nSPS) is 19.0. The highest BCUT2D eigenvalue weighted by Crippen LogP contribution is 2.35. The molecule has 2 N–H and O–H groups in total. The van der Waals surface area contributed by atoms with Gasteiger partial charge in [0.1, 0.15) is 11.4 Å². The van der Waals surface area contributed by atoms with E-state index in [1.54, 1.807) is 27.6 Å². The maximum absolute atomic E-state index is 13.4. The monoisotopic (exact) mass is 579 g/mol. The lowest BCUT2D eigenvalue weighted by atomic mass is 9.88. The summed E-state index contributed by atoms with van der Waals surface area (Å²) >= 11 is 1.44. The Morgan fingerprint density at radius 1 is 1.17 bits per heavy atom. The second-order valence-corrected chi connectivity index (χ2v) is 10.8. The maximum atomic E-state index is 13.4. The Labute approximate surface area is 242 Å². The van der Waals surface area contributed by atoms with Crippen molar-refractivity contribution in [1.82, 2.24) is 25.1 Å². The predicted molar refractivity (Wildman–Crippen MR) is 152 cm³/mol. The highest BCUT2D eigenvalue weighted by atomic mass is 32.1. The number of nitrogens with one attached hydrogen (secondary N) is 1. The first-order valence-corrected chi connectivity index (χ1v) is 14.2. The number of carbonyl (C=O) groups is 4. The molecule has 1 fully saturated rings. The van der Waals surface area contributed by atoms with E-state index < -0.39 is 5.92 Å². The number of pyridine rings is 1. The number of rotatable bonds is 3. The van der Waals surface area contributed by atoms with Gasteiger partial charge < -0.3 is 25.0 Å². The number of benzene rings is 1. The van der Waals surface area contributed by atoms with Crippen LogP contribution in [0.3, 0.4) is 0 Å². The second-order valence-electron chi connectivity index (χ2n) is 9.76. The number of aromatic nitrogens is 2. The highest BCUT2D eigenvalue weighted by molar-refractivity contribution is 7.09. The van der Waals surface area contributed by atoms with E-state index in [1.165, 1.54) is 11.3 Å². The molecule has 12 heteroatoms. The lowest BCUT2D eigenvalue weighted by molar-refractivity contribution is -0.131. The van der Waals surface area contributed by atoms with Crippen LogP contribution in [0, 0.1) is 12.8 Å². The van der Waals surface area contributed by atoms with Gasteiger partial charge in [0.2, 0.25) is 11.8 Å². The van der Waals surface area contributed by atoms with Gasteiger partial charge in [-0.15, -0.1) is 11.3 Å². The van der Waals surface area contributed by atoms with Crippen molar-refractivity contribution in [3.63, 3.8) is 0 Å². The standard InChI is InChI=1S/C28H31N5O4S.CH2O2/c1-19-31-25(18-38-19)28(36)33-16-23-21-6-2-7-22(14-21)37-12-4-10-32(11-9-30-27(35)24(23)17-33)26(34)13-20-5-3-8-29-15-20;2-1-3/h2-3,5-8,14-15,18,23-24H,4,9-13,16-17H2,1H3,(H,30,35);1H,(H,2,3)/t23-,24+;/m1./s1. The summed E-state index contributed by atoms with van der Waals surface area (Å²) < 4.78 is 6.02. The molecular formula is C29H33N5O6S. The molecule has 11 nitrogen and oxygen atoms in total. The molecule has 2 aliphatic rings. The van der Waals surface area contributed by atoms with Crippen molar-refractivity contribution < 1.29 is 29.0 Å². The van der Waals surface area contributed by atoms with Crippen LogP contribution in [0.4, 0.5) is 0 Å². The molecular weight excluding hydrogens is 546 g/mol. The Morgan fingerprint density at radius 3 is 2.71 bits per heavy atom. The number of carboxylic acid groups (broad SMARTS) is 1. The number of ether oxygens (including phenoxy) is 1. The summed E-state index contributed by atoms with van der Waals surface area (Å²) in [5, 5.41) is 12.5. The molecule has 4 heterocycles. The second kappa shape index (κ2) is 14.4. The van der Waals surface area contributed by atoms with Gasteiger partial charge in [0, 0.05) is 56.4 Å². The summed E-state index contributed by atoms with van der Waals surface area (Å²) in [6, 6.07) is 11.5. The van der Waals surface area contributed by atoms with Crippen molar-refractivity contribution >= 4 is 35.5 Å². The highest BCUT2D eigenvalue weighted by Gasteiger charge is 2.41. The summed E-state index contributed by atoms with van der Waals surface area (Å²) in [6.45, 7) is 4.07. The Hall–Kier alpha value is -4.32. The molecule has 1 saturated heterocycles. The summed E-state index contributed by atoms with van der Waals surface area (Å²) in [5.74, 6) is -0.179. The van der Waals surface area contributed by atoms with Crippen molar-refractivity contribution in [3.8, 4) is 5.75 Å². The van der Waals surface area contributed by atoms with E-state index in [9.17, 15) is 14.4 Å². The molecule has 3 aromatic rings. The molecule has 1 aromatic carbocycles. The maximum Gasteiger partial charge on any atom is 0.290 e. The van der Waals surface area contributed by atoms with Crippen LogP contribution < -0.4 is 10.1 Å². The summed E-state index contributed by atoms with van der Waals surface area (Å²) in [7, 11) is 0. The molecule has 0 spiro atoms. The number of likely N-dealkylation sites (tertiary alicyclic amines) is 1. The molecule has 41 heavy (non-hydrogen) atoms. The predicted octanol–water partition coefficient (Wildman–Crippen LogP) is 2.37. The minimum Gasteiger partial charge on any atom is -0.494 e. The van der Waals surface area contributed by atoms with Crippen LogP contribution in [0.1, 0.15) is 39.0 Å². The SMILES string of the molecule is Cc1nc(C(=O)N2C[C@@H]3C(=O)NCCN(C(=O)Cc4cccnc4)CCCOc4cccc(c4)[C@H]3C2)cs1.O=CO. The third kappa shape index (κ3) is 7.88. The van der Waals surface area contributed by atoms with E-state index in [1.807, 2.05) is 43.3 Å². The molecule has 216 valence electrons. The molecule has 3 amide bonds. The number of carbonyl (C=O) groups excluding carboxylic acids is 3. The Kier molecular flexibility index (Phi) is 10.4. The molecule has 0 unspecified atom stereocenters. The third-order valence-electron chi connectivity index (χ3n) is 7.02. The van der Waals surface area contributed by atoms with Gasteiger partial charge in [0.15, 0.2) is 0 Å². The summed E-state index contributed by atoms with van der Waals surface area (Å²) in [4.78, 5) is 60.0. The molecule has 0 saturated carbocycles. The first kappa shape index (κ1) is 29.7. The topological polar surface area (TPSA) is 142 Å². The van der Waals surface area contributed by atoms with E-state index in [0.717, 1.165) is 16.1 Å². The van der Waals surface area contributed by atoms with Gasteiger partial charge in [0.25, 0.3) is 12.4 Å². The van der Waals surface area contributed by atoms with E-state index in [2.05, 4.69) is 15.3 Å². The zero-order valence-electron chi connectivity index (χ0n) is 22.8. The van der Waals surface area contributed by atoms with Gasteiger partial charge in [-0.05, 0) is 42.7 Å². The lowest BCUT2D eigenvalue weighted by Gasteiger charge is -2.25. The number of amides is 3. The molecule has 2 atom stereocenters. The van der Waals surface area contributed by atoms with Gasteiger partial charge in [-0.25, -0.2) is 4.98 Å². The van der Waals surface area contributed by atoms with E-state index >= 15 is 0 Å². The van der Waals surface area contributed by atoms with Gasteiger partial charge in [-0.3, -0.25) is 24.2 Å². The number of aryl methyl sites for hydroxylation is 1. The molecule has 2 aliphatic heterocycles. The lowest BCUT2D eigenvalue weighted by Crippen LogP contribution is -2.42. The van der Waals surface area contributed by atoms with E-state index in [0.29, 0.717) is 57.2 Å². The van der Waals surface area contributed by atoms with Crippen molar-refractivity contribution in [3.05, 3.63) is 76.0 Å². The van der Waals surface area contributed by atoms with Crippen LogP contribution in [-0.4, -0.2) is 88.4 Å². The zero-order valence-corrected chi connectivity index (χ0v) is 23.6. The van der Waals surface area contributed by atoms with Gasteiger partial charge >= 0.3 is 0 Å².